The molecule has 0 aliphatic rings. The van der Waals surface area contributed by atoms with Crippen LogP contribution < -0.4 is 4.74 Å². The van der Waals surface area contributed by atoms with Crippen molar-refractivity contribution in [3.63, 3.8) is 0 Å². The van der Waals surface area contributed by atoms with E-state index in [1.165, 1.54) is 6.07 Å². The summed E-state index contributed by atoms with van der Waals surface area (Å²) in [4.78, 5) is 14.9. The molecule has 160 valence electrons. The van der Waals surface area contributed by atoms with Gasteiger partial charge in [-0.2, -0.15) is 13.2 Å². The molecule has 0 unspecified atom stereocenters. The molecule has 0 amide bonds. The Bertz CT molecular complexity index is 1000. The number of aliphatic carboxylic acids is 1. The number of carboxylic acids is 1. The third-order valence-corrected chi connectivity index (χ3v) is 4.48. The molecule has 1 atom stereocenters. The van der Waals surface area contributed by atoms with Crippen LogP contribution in [0.5, 0.6) is 5.75 Å². The van der Waals surface area contributed by atoms with Crippen LogP contribution in [0.4, 0.5) is 13.2 Å². The molecular formula is C21H21F3N2O4. The van der Waals surface area contributed by atoms with Gasteiger partial charge in [0, 0.05) is 13.0 Å². The SMILES string of the molecule is CCO[C@H](Cc1ccc(OCCn2c(C(F)(F)F)nc3ccccc32)cc1)C(=O)O. The zero-order valence-corrected chi connectivity index (χ0v) is 16.2. The molecule has 30 heavy (non-hydrogen) atoms. The zero-order valence-electron chi connectivity index (χ0n) is 16.2. The van der Waals surface area contributed by atoms with Crippen LogP contribution in [-0.2, 0) is 28.7 Å². The van der Waals surface area contributed by atoms with Crippen molar-refractivity contribution in [1.29, 1.82) is 0 Å². The number of alkyl halides is 3. The minimum absolute atomic E-state index is 0.0134. The number of carbonyl (C=O) groups is 1. The molecular weight excluding hydrogens is 401 g/mol. The first-order valence-corrected chi connectivity index (χ1v) is 9.38. The predicted molar refractivity (Wildman–Crippen MR) is 103 cm³/mol. The molecule has 6 nitrogen and oxygen atoms in total. The summed E-state index contributed by atoms with van der Waals surface area (Å²) in [5.74, 6) is -1.52. The highest BCUT2D eigenvalue weighted by molar-refractivity contribution is 5.76. The molecule has 2 aromatic carbocycles. The maximum Gasteiger partial charge on any atom is 0.449 e. The molecule has 3 aromatic rings. The average molecular weight is 422 g/mol. The highest BCUT2D eigenvalue weighted by atomic mass is 19.4. The second kappa shape index (κ2) is 9.17. The Morgan fingerprint density at radius 1 is 1.17 bits per heavy atom. The highest BCUT2D eigenvalue weighted by Crippen LogP contribution is 2.31. The smallest absolute Gasteiger partial charge is 0.449 e. The summed E-state index contributed by atoms with van der Waals surface area (Å²) in [5.41, 5.74) is 1.42. The van der Waals surface area contributed by atoms with Crippen LogP contribution in [0.3, 0.4) is 0 Å². The summed E-state index contributed by atoms with van der Waals surface area (Å²) in [5, 5.41) is 9.14. The molecule has 0 spiro atoms. The number of hydrogen-bond acceptors (Lipinski definition) is 4. The van der Waals surface area contributed by atoms with E-state index in [0.717, 1.165) is 10.1 Å². The number of fused-ring (bicyclic) bond motifs is 1. The number of carboxylic acid groups (broad SMARTS) is 1. The van der Waals surface area contributed by atoms with Crippen molar-refractivity contribution in [1.82, 2.24) is 9.55 Å². The maximum absolute atomic E-state index is 13.3. The molecule has 9 heteroatoms. The minimum Gasteiger partial charge on any atom is -0.492 e. The standard InChI is InChI=1S/C21H21F3N2O4/c1-2-29-18(19(27)28)13-14-7-9-15(10-8-14)30-12-11-26-17-6-4-3-5-16(17)25-20(26)21(22,23)24/h3-10,18H,2,11-13H2,1H3,(H,27,28)/t18-/m1/s1. The number of benzene rings is 2. The number of rotatable bonds is 9. The molecule has 3 rings (SSSR count). The van der Waals surface area contributed by atoms with Crippen LogP contribution in [-0.4, -0.2) is 39.9 Å². The fraction of sp³-hybridized carbons (Fsp3) is 0.333. The van der Waals surface area contributed by atoms with Crippen molar-refractivity contribution in [3.8, 4) is 5.75 Å². The lowest BCUT2D eigenvalue weighted by Gasteiger charge is -2.14. The molecule has 1 heterocycles. The molecule has 0 aliphatic heterocycles. The molecule has 0 fully saturated rings. The van der Waals surface area contributed by atoms with Gasteiger partial charge in [0.25, 0.3) is 0 Å². The van der Waals surface area contributed by atoms with Gasteiger partial charge in [-0.3, -0.25) is 0 Å². The largest absolute Gasteiger partial charge is 0.492 e. The van der Waals surface area contributed by atoms with Crippen LogP contribution >= 0.6 is 0 Å². The highest BCUT2D eigenvalue weighted by Gasteiger charge is 2.37. The second-order valence-corrected chi connectivity index (χ2v) is 6.55. The van der Waals surface area contributed by atoms with Crippen molar-refractivity contribution < 1.29 is 32.5 Å². The summed E-state index contributed by atoms with van der Waals surface area (Å²) in [6.45, 7) is 2.00. The van der Waals surface area contributed by atoms with Crippen LogP contribution in [0.15, 0.2) is 48.5 Å². The van der Waals surface area contributed by atoms with E-state index in [4.69, 9.17) is 14.6 Å². The van der Waals surface area contributed by atoms with Crippen molar-refractivity contribution in [2.75, 3.05) is 13.2 Å². The Labute approximate surface area is 170 Å². The number of imidazole rings is 1. The number of para-hydroxylation sites is 2. The second-order valence-electron chi connectivity index (χ2n) is 6.55. The Morgan fingerprint density at radius 3 is 2.50 bits per heavy atom. The molecule has 0 saturated heterocycles. The molecule has 0 radical (unpaired) electrons. The van der Waals surface area contributed by atoms with Crippen LogP contribution in [0.2, 0.25) is 0 Å². The summed E-state index contributed by atoms with van der Waals surface area (Å²) in [6, 6.07) is 13.1. The molecule has 0 saturated carbocycles. The minimum atomic E-state index is -4.57. The van der Waals surface area contributed by atoms with E-state index >= 15 is 0 Å². The van der Waals surface area contributed by atoms with E-state index in [0.29, 0.717) is 17.9 Å². The lowest BCUT2D eigenvalue weighted by Crippen LogP contribution is -2.26. The van der Waals surface area contributed by atoms with Crippen LogP contribution in [0.25, 0.3) is 11.0 Å². The molecule has 1 aromatic heterocycles. The maximum atomic E-state index is 13.3. The lowest BCUT2D eigenvalue weighted by molar-refractivity contribution is -0.150. The van der Waals surface area contributed by atoms with Crippen molar-refractivity contribution in [3.05, 3.63) is 59.9 Å². The first kappa shape index (κ1) is 21.6. The van der Waals surface area contributed by atoms with Gasteiger partial charge < -0.3 is 19.1 Å². The van der Waals surface area contributed by atoms with Gasteiger partial charge in [0.1, 0.15) is 12.4 Å². The predicted octanol–water partition coefficient (Wildman–Crippen LogP) is 4.17. The number of aromatic nitrogens is 2. The van der Waals surface area contributed by atoms with Gasteiger partial charge in [-0.15, -0.1) is 0 Å². The fourth-order valence-electron chi connectivity index (χ4n) is 3.13. The van der Waals surface area contributed by atoms with Gasteiger partial charge in [-0.25, -0.2) is 9.78 Å². The molecule has 1 N–H and O–H groups in total. The third-order valence-electron chi connectivity index (χ3n) is 4.48. The fourth-order valence-corrected chi connectivity index (χ4v) is 3.13. The van der Waals surface area contributed by atoms with E-state index in [-0.39, 0.29) is 25.1 Å². The molecule has 0 bridgehead atoms. The Balaban J connectivity index is 1.65. The van der Waals surface area contributed by atoms with Gasteiger partial charge in [-0.05, 0) is 36.8 Å². The number of nitrogens with zero attached hydrogens (tertiary/aromatic N) is 2. The third kappa shape index (κ3) is 5.10. The van der Waals surface area contributed by atoms with E-state index in [9.17, 15) is 18.0 Å². The summed E-state index contributed by atoms with van der Waals surface area (Å²) in [7, 11) is 0. The number of halogens is 3. The van der Waals surface area contributed by atoms with Gasteiger partial charge in [0.05, 0.1) is 17.6 Å². The van der Waals surface area contributed by atoms with Gasteiger partial charge in [0.2, 0.25) is 5.82 Å². The molecule has 0 aliphatic carbocycles. The van der Waals surface area contributed by atoms with Crippen molar-refractivity contribution in [2.45, 2.75) is 32.2 Å². The Kier molecular flexibility index (Phi) is 6.61. The average Bonchev–Trinajstić information content (AvgIpc) is 3.08. The van der Waals surface area contributed by atoms with Gasteiger partial charge >= 0.3 is 12.1 Å². The Hall–Kier alpha value is -3.07. The topological polar surface area (TPSA) is 73.6 Å². The van der Waals surface area contributed by atoms with E-state index in [1.807, 2.05) is 0 Å². The zero-order chi connectivity index (χ0) is 21.7. The summed E-state index contributed by atoms with van der Waals surface area (Å²) in [6.07, 6.45) is -5.29. The van der Waals surface area contributed by atoms with E-state index < -0.39 is 24.1 Å². The monoisotopic (exact) mass is 422 g/mol. The van der Waals surface area contributed by atoms with E-state index in [1.54, 1.807) is 49.4 Å². The van der Waals surface area contributed by atoms with Crippen molar-refractivity contribution in [2.24, 2.45) is 0 Å². The first-order valence-electron chi connectivity index (χ1n) is 9.38. The normalized spacial score (nSPS) is 12.8. The summed E-state index contributed by atoms with van der Waals surface area (Å²) >= 11 is 0. The quantitative estimate of drug-likeness (QED) is 0.560. The van der Waals surface area contributed by atoms with Gasteiger partial charge in [-0.1, -0.05) is 24.3 Å². The van der Waals surface area contributed by atoms with Gasteiger partial charge in [0.15, 0.2) is 6.10 Å². The number of ether oxygens (including phenoxy) is 2. The first-order chi connectivity index (χ1) is 14.3. The Morgan fingerprint density at radius 2 is 1.87 bits per heavy atom. The van der Waals surface area contributed by atoms with Crippen LogP contribution in [0, 0.1) is 0 Å². The van der Waals surface area contributed by atoms with E-state index in [2.05, 4.69) is 4.98 Å². The van der Waals surface area contributed by atoms with Crippen molar-refractivity contribution >= 4 is 17.0 Å². The lowest BCUT2D eigenvalue weighted by atomic mass is 10.1. The van der Waals surface area contributed by atoms with Crippen LogP contribution in [0.1, 0.15) is 18.3 Å². The number of hydrogen-bond donors (Lipinski definition) is 1. The summed E-state index contributed by atoms with van der Waals surface area (Å²) < 4.78 is 51.8.